The van der Waals surface area contributed by atoms with Crippen LogP contribution in [0.5, 0.6) is 11.5 Å². The SMILES string of the molecule is Cc1c(CC(=O)O)cc2ccc(F)cc2c1Oc1ccc(S(=O)(=O)c2ccc(Cl)cc2)cc1. The average Bonchev–Trinajstić information content (AvgIpc) is 2.77. The van der Waals surface area contributed by atoms with Crippen molar-refractivity contribution >= 4 is 38.2 Å². The predicted molar refractivity (Wildman–Crippen MR) is 123 cm³/mol. The molecule has 0 aromatic heterocycles. The smallest absolute Gasteiger partial charge is 0.307 e. The van der Waals surface area contributed by atoms with Crippen LogP contribution in [0.25, 0.3) is 10.8 Å². The number of ether oxygens (including phenoxy) is 1. The van der Waals surface area contributed by atoms with Crippen LogP contribution in [-0.2, 0) is 21.1 Å². The second-order valence-corrected chi connectivity index (χ2v) is 9.84. The first-order valence-electron chi connectivity index (χ1n) is 9.87. The van der Waals surface area contributed by atoms with Gasteiger partial charge in [-0.3, -0.25) is 4.79 Å². The van der Waals surface area contributed by atoms with E-state index < -0.39 is 21.6 Å². The Kier molecular flexibility index (Phi) is 6.10. The normalized spacial score (nSPS) is 11.5. The van der Waals surface area contributed by atoms with E-state index in [1.807, 2.05) is 0 Å². The van der Waals surface area contributed by atoms with Crippen molar-refractivity contribution in [3.63, 3.8) is 0 Å². The van der Waals surface area contributed by atoms with E-state index in [-0.39, 0.29) is 16.2 Å². The van der Waals surface area contributed by atoms with Crippen molar-refractivity contribution in [2.75, 3.05) is 0 Å². The van der Waals surface area contributed by atoms with Crippen LogP contribution in [-0.4, -0.2) is 19.5 Å². The Bertz CT molecular complexity index is 1460. The minimum Gasteiger partial charge on any atom is -0.481 e. The maximum atomic E-state index is 13.9. The molecule has 4 rings (SSSR count). The molecule has 168 valence electrons. The molecule has 0 aliphatic carbocycles. The summed E-state index contributed by atoms with van der Waals surface area (Å²) in [5.74, 6) is -0.813. The van der Waals surface area contributed by atoms with Crippen LogP contribution in [0.4, 0.5) is 4.39 Å². The van der Waals surface area contributed by atoms with Crippen molar-refractivity contribution in [2.24, 2.45) is 0 Å². The van der Waals surface area contributed by atoms with E-state index in [1.54, 1.807) is 19.1 Å². The third-order valence-electron chi connectivity index (χ3n) is 5.23. The number of rotatable bonds is 6. The van der Waals surface area contributed by atoms with Gasteiger partial charge in [-0.1, -0.05) is 23.7 Å². The number of benzene rings is 4. The highest BCUT2D eigenvalue weighted by Gasteiger charge is 2.19. The van der Waals surface area contributed by atoms with Gasteiger partial charge in [-0.2, -0.15) is 0 Å². The number of carboxylic acid groups (broad SMARTS) is 1. The zero-order valence-corrected chi connectivity index (χ0v) is 19.0. The number of hydrogen-bond acceptors (Lipinski definition) is 4. The lowest BCUT2D eigenvalue weighted by atomic mass is 9.98. The van der Waals surface area contributed by atoms with Crippen LogP contribution < -0.4 is 4.74 Å². The molecule has 0 atom stereocenters. The number of carboxylic acids is 1. The number of halogens is 2. The van der Waals surface area contributed by atoms with Crippen molar-refractivity contribution in [3.05, 3.63) is 94.8 Å². The second kappa shape index (κ2) is 8.84. The molecule has 4 aromatic rings. The van der Waals surface area contributed by atoms with Crippen LogP contribution in [0, 0.1) is 12.7 Å². The monoisotopic (exact) mass is 484 g/mol. The van der Waals surface area contributed by atoms with E-state index >= 15 is 0 Å². The quantitative estimate of drug-likeness (QED) is 0.353. The highest BCUT2D eigenvalue weighted by molar-refractivity contribution is 7.91. The number of hydrogen-bond donors (Lipinski definition) is 1. The first-order chi connectivity index (χ1) is 15.6. The van der Waals surface area contributed by atoms with Crippen LogP contribution in [0.2, 0.25) is 5.02 Å². The molecule has 0 fully saturated rings. The number of sulfone groups is 1. The molecule has 4 aromatic carbocycles. The highest BCUT2D eigenvalue weighted by atomic mass is 35.5. The number of aliphatic carboxylic acids is 1. The maximum absolute atomic E-state index is 13.9. The topological polar surface area (TPSA) is 80.7 Å². The average molecular weight is 485 g/mol. The summed E-state index contributed by atoms with van der Waals surface area (Å²) in [4.78, 5) is 11.5. The van der Waals surface area contributed by atoms with Crippen LogP contribution in [0.1, 0.15) is 11.1 Å². The molecule has 0 amide bonds. The summed E-state index contributed by atoms with van der Waals surface area (Å²) < 4.78 is 45.7. The van der Waals surface area contributed by atoms with E-state index in [1.165, 1.54) is 60.7 Å². The number of carbonyl (C=O) groups is 1. The number of fused-ring (bicyclic) bond motifs is 1. The Morgan fingerprint density at radius 3 is 2.18 bits per heavy atom. The first-order valence-corrected chi connectivity index (χ1v) is 11.7. The summed E-state index contributed by atoms with van der Waals surface area (Å²) >= 11 is 5.84. The van der Waals surface area contributed by atoms with E-state index in [2.05, 4.69) is 0 Å². The standard InChI is InChI=1S/C25H18ClFO5S/c1-15-17(13-24(28)29)12-16-2-5-19(27)14-23(16)25(15)32-20-6-10-22(11-7-20)33(30,31)21-8-3-18(26)4-9-21/h2-12,14H,13H2,1H3,(H,28,29). The third-order valence-corrected chi connectivity index (χ3v) is 7.27. The van der Waals surface area contributed by atoms with Gasteiger partial charge in [0, 0.05) is 10.4 Å². The van der Waals surface area contributed by atoms with E-state index in [0.29, 0.717) is 38.4 Å². The highest BCUT2D eigenvalue weighted by Crippen LogP contribution is 2.37. The summed E-state index contributed by atoms with van der Waals surface area (Å²) in [5.41, 5.74) is 1.10. The molecular formula is C25H18ClFO5S. The molecule has 0 bridgehead atoms. The van der Waals surface area contributed by atoms with Gasteiger partial charge in [-0.25, -0.2) is 12.8 Å². The maximum Gasteiger partial charge on any atom is 0.307 e. The molecule has 5 nitrogen and oxygen atoms in total. The molecular weight excluding hydrogens is 467 g/mol. The molecule has 0 aliphatic rings. The molecule has 0 aliphatic heterocycles. The van der Waals surface area contributed by atoms with Crippen molar-refractivity contribution in [1.82, 2.24) is 0 Å². The third kappa shape index (κ3) is 4.69. The van der Waals surface area contributed by atoms with Gasteiger partial charge in [0.2, 0.25) is 9.84 Å². The fourth-order valence-electron chi connectivity index (χ4n) is 3.53. The fourth-order valence-corrected chi connectivity index (χ4v) is 4.91. The molecule has 0 saturated heterocycles. The van der Waals surface area contributed by atoms with Crippen LogP contribution >= 0.6 is 11.6 Å². The first kappa shape index (κ1) is 22.8. The van der Waals surface area contributed by atoms with E-state index in [4.69, 9.17) is 16.3 Å². The van der Waals surface area contributed by atoms with Crippen LogP contribution in [0.3, 0.4) is 0 Å². The minimum atomic E-state index is -3.74. The molecule has 1 N–H and O–H groups in total. The van der Waals surface area contributed by atoms with Gasteiger partial charge < -0.3 is 9.84 Å². The van der Waals surface area contributed by atoms with Gasteiger partial charge in [0.25, 0.3) is 0 Å². The fraction of sp³-hybridized carbons (Fsp3) is 0.0800. The summed E-state index contributed by atoms with van der Waals surface area (Å²) in [6, 6.07) is 17.6. The van der Waals surface area contributed by atoms with Crippen LogP contribution in [0.15, 0.2) is 82.6 Å². The zero-order chi connectivity index (χ0) is 23.8. The molecule has 0 heterocycles. The van der Waals surface area contributed by atoms with Gasteiger partial charge in [0.05, 0.1) is 16.2 Å². The van der Waals surface area contributed by atoms with Gasteiger partial charge >= 0.3 is 5.97 Å². The summed E-state index contributed by atoms with van der Waals surface area (Å²) in [5, 5.41) is 10.8. The molecule has 8 heteroatoms. The van der Waals surface area contributed by atoms with Gasteiger partial charge in [0.1, 0.15) is 17.3 Å². The lowest BCUT2D eigenvalue weighted by Crippen LogP contribution is -2.04. The van der Waals surface area contributed by atoms with Crippen molar-refractivity contribution in [3.8, 4) is 11.5 Å². The largest absolute Gasteiger partial charge is 0.481 e. The van der Waals surface area contributed by atoms with Gasteiger partial charge in [-0.05, 0) is 84.1 Å². The van der Waals surface area contributed by atoms with Gasteiger partial charge in [0.15, 0.2) is 0 Å². The summed E-state index contributed by atoms with van der Waals surface area (Å²) in [6.07, 6.45) is -0.215. The summed E-state index contributed by atoms with van der Waals surface area (Å²) in [7, 11) is -3.74. The van der Waals surface area contributed by atoms with Crippen molar-refractivity contribution in [1.29, 1.82) is 0 Å². The van der Waals surface area contributed by atoms with Gasteiger partial charge in [-0.15, -0.1) is 0 Å². The second-order valence-electron chi connectivity index (χ2n) is 7.46. The Balaban J connectivity index is 1.73. The lowest BCUT2D eigenvalue weighted by molar-refractivity contribution is -0.136. The Morgan fingerprint density at radius 1 is 0.970 bits per heavy atom. The molecule has 0 radical (unpaired) electrons. The molecule has 0 spiro atoms. The van der Waals surface area contributed by atoms with E-state index in [0.717, 1.165) is 0 Å². The molecule has 33 heavy (non-hydrogen) atoms. The Hall–Kier alpha value is -3.42. The zero-order valence-electron chi connectivity index (χ0n) is 17.4. The van der Waals surface area contributed by atoms with Crippen molar-refractivity contribution in [2.45, 2.75) is 23.1 Å². The lowest BCUT2D eigenvalue weighted by Gasteiger charge is -2.16. The predicted octanol–water partition coefficient (Wildman–Crippen LogP) is 6.19. The molecule has 0 saturated carbocycles. The van der Waals surface area contributed by atoms with E-state index in [9.17, 15) is 22.7 Å². The minimum absolute atomic E-state index is 0.0735. The summed E-state index contributed by atoms with van der Waals surface area (Å²) in [6.45, 7) is 1.71. The Labute approximate surface area is 194 Å². The molecule has 0 unspecified atom stereocenters. The Morgan fingerprint density at radius 2 is 1.58 bits per heavy atom. The van der Waals surface area contributed by atoms with Crippen molar-refractivity contribution < 1.29 is 27.4 Å².